The van der Waals surface area contributed by atoms with Crippen LogP contribution in [0.1, 0.15) is 25.3 Å². The van der Waals surface area contributed by atoms with Gasteiger partial charge in [-0.15, -0.1) is 0 Å². The lowest BCUT2D eigenvalue weighted by Gasteiger charge is -2.44. The van der Waals surface area contributed by atoms with E-state index in [9.17, 15) is 9.90 Å². The van der Waals surface area contributed by atoms with Gasteiger partial charge in [0, 0.05) is 5.69 Å². The highest BCUT2D eigenvalue weighted by molar-refractivity contribution is 5.88. The zero-order chi connectivity index (χ0) is 19.3. The number of rotatable bonds is 7. The molecular formula is C22H28N2O3. The number of ketones is 1. The summed E-state index contributed by atoms with van der Waals surface area (Å²) in [6.07, 6.45) is 0.578. The summed E-state index contributed by atoms with van der Waals surface area (Å²) < 4.78 is 5.69. The predicted octanol–water partition coefficient (Wildman–Crippen LogP) is 2.54. The van der Waals surface area contributed by atoms with Crippen LogP contribution >= 0.6 is 0 Å². The molecule has 0 aromatic heterocycles. The van der Waals surface area contributed by atoms with E-state index in [0.29, 0.717) is 24.4 Å². The Labute approximate surface area is 160 Å². The minimum Gasteiger partial charge on any atom is -0.491 e. The summed E-state index contributed by atoms with van der Waals surface area (Å²) in [6.45, 7) is 3.35. The van der Waals surface area contributed by atoms with E-state index in [4.69, 9.17) is 10.5 Å². The molecule has 5 nitrogen and oxygen atoms in total. The first kappa shape index (κ1) is 19.4. The zero-order valence-corrected chi connectivity index (χ0v) is 15.7. The van der Waals surface area contributed by atoms with Crippen molar-refractivity contribution in [2.45, 2.75) is 31.3 Å². The van der Waals surface area contributed by atoms with Crippen LogP contribution in [0.25, 0.3) is 0 Å². The van der Waals surface area contributed by atoms with Gasteiger partial charge in [0.05, 0.1) is 11.5 Å². The van der Waals surface area contributed by atoms with Gasteiger partial charge in [-0.2, -0.15) is 0 Å². The summed E-state index contributed by atoms with van der Waals surface area (Å²) >= 11 is 0. The number of benzene rings is 2. The minimum atomic E-state index is -0.658. The third-order valence-electron chi connectivity index (χ3n) is 5.58. The fourth-order valence-electron chi connectivity index (χ4n) is 4.16. The van der Waals surface area contributed by atoms with Gasteiger partial charge in [0.2, 0.25) is 0 Å². The number of aliphatic hydroxyl groups excluding tert-OH is 1. The van der Waals surface area contributed by atoms with E-state index >= 15 is 0 Å². The van der Waals surface area contributed by atoms with E-state index in [1.807, 2.05) is 30.3 Å². The second-order valence-electron chi connectivity index (χ2n) is 7.31. The maximum absolute atomic E-state index is 12.8. The first-order valence-electron chi connectivity index (χ1n) is 9.46. The highest BCUT2D eigenvalue weighted by Gasteiger charge is 2.46. The van der Waals surface area contributed by atoms with Crippen molar-refractivity contribution in [1.82, 2.24) is 5.32 Å². The molecule has 27 heavy (non-hydrogen) atoms. The molecule has 3 unspecified atom stereocenters. The normalized spacial score (nSPS) is 23.6. The maximum Gasteiger partial charge on any atom is 0.140 e. The van der Waals surface area contributed by atoms with Crippen LogP contribution in [0.3, 0.4) is 0 Å². The van der Waals surface area contributed by atoms with Gasteiger partial charge in [-0.05, 0) is 68.6 Å². The first-order valence-corrected chi connectivity index (χ1v) is 9.46. The topological polar surface area (TPSA) is 84.6 Å². The summed E-state index contributed by atoms with van der Waals surface area (Å²) in [5.74, 6) is 0.842. The number of hydrogen-bond donors (Lipinski definition) is 3. The summed E-state index contributed by atoms with van der Waals surface area (Å²) in [6, 6.07) is 17.1. The smallest absolute Gasteiger partial charge is 0.140 e. The zero-order valence-electron chi connectivity index (χ0n) is 15.7. The average Bonchev–Trinajstić information content (AvgIpc) is 2.68. The maximum atomic E-state index is 12.8. The van der Waals surface area contributed by atoms with Crippen molar-refractivity contribution in [3.63, 3.8) is 0 Å². The lowest BCUT2D eigenvalue weighted by molar-refractivity contribution is -0.126. The molecule has 1 fully saturated rings. The fourth-order valence-corrected chi connectivity index (χ4v) is 4.16. The van der Waals surface area contributed by atoms with E-state index in [2.05, 4.69) is 5.32 Å². The van der Waals surface area contributed by atoms with Crippen LogP contribution < -0.4 is 15.8 Å². The van der Waals surface area contributed by atoms with Crippen LogP contribution in [0.4, 0.5) is 5.69 Å². The molecular weight excluding hydrogens is 340 g/mol. The van der Waals surface area contributed by atoms with Crippen LogP contribution in [-0.2, 0) is 10.2 Å². The van der Waals surface area contributed by atoms with E-state index in [0.717, 1.165) is 18.5 Å². The number of hydrogen-bond acceptors (Lipinski definition) is 5. The van der Waals surface area contributed by atoms with Crippen molar-refractivity contribution in [1.29, 1.82) is 0 Å². The van der Waals surface area contributed by atoms with E-state index in [-0.39, 0.29) is 18.3 Å². The molecule has 0 bridgehead atoms. The van der Waals surface area contributed by atoms with Crippen molar-refractivity contribution < 1.29 is 14.6 Å². The second-order valence-corrected chi connectivity index (χ2v) is 7.31. The number of carbonyl (C=O) groups is 1. The van der Waals surface area contributed by atoms with Crippen molar-refractivity contribution in [2.75, 3.05) is 25.4 Å². The average molecular weight is 368 g/mol. The summed E-state index contributed by atoms with van der Waals surface area (Å²) in [5, 5.41) is 14.0. The molecule has 1 aliphatic rings. The molecule has 4 N–H and O–H groups in total. The quantitative estimate of drug-likeness (QED) is 0.654. The molecule has 1 heterocycles. The summed E-state index contributed by atoms with van der Waals surface area (Å²) in [4.78, 5) is 12.8. The van der Waals surface area contributed by atoms with Gasteiger partial charge >= 0.3 is 0 Å². The Bertz CT molecular complexity index is 748. The Hall–Kier alpha value is -2.37. The van der Waals surface area contributed by atoms with Gasteiger partial charge in [0.1, 0.15) is 18.1 Å². The Morgan fingerprint density at radius 2 is 1.96 bits per heavy atom. The van der Waals surface area contributed by atoms with Crippen LogP contribution in [-0.4, -0.2) is 36.7 Å². The molecule has 0 saturated carbocycles. The number of nitrogen functional groups attached to an aromatic ring is 1. The highest BCUT2D eigenvalue weighted by atomic mass is 16.5. The third kappa shape index (κ3) is 4.31. The largest absolute Gasteiger partial charge is 0.491 e. The Morgan fingerprint density at radius 1 is 1.26 bits per heavy atom. The molecule has 5 heteroatoms. The molecule has 0 radical (unpaired) electrons. The Morgan fingerprint density at radius 3 is 2.63 bits per heavy atom. The molecule has 2 aromatic carbocycles. The molecule has 1 saturated heterocycles. The van der Waals surface area contributed by atoms with Crippen molar-refractivity contribution in [3.8, 4) is 5.75 Å². The van der Waals surface area contributed by atoms with Gasteiger partial charge in [-0.3, -0.25) is 4.79 Å². The van der Waals surface area contributed by atoms with Gasteiger partial charge in [-0.1, -0.05) is 30.3 Å². The number of nitrogens with one attached hydrogen (secondary N) is 1. The van der Waals surface area contributed by atoms with Crippen LogP contribution in [0.2, 0.25) is 0 Å². The Kier molecular flexibility index (Phi) is 6.14. The number of ether oxygens (including phenoxy) is 1. The summed E-state index contributed by atoms with van der Waals surface area (Å²) in [5.41, 5.74) is 6.82. The number of carbonyl (C=O) groups excluding carboxylic acids is 1. The molecule has 2 aromatic rings. The molecule has 0 aliphatic carbocycles. The fraction of sp³-hybridized carbons (Fsp3) is 0.409. The Balaban J connectivity index is 1.72. The molecule has 0 amide bonds. The SMILES string of the molecule is CC(=O)C1(c2ccccc2)CCNCC1CC(O)COc1ccc(N)cc1. The highest BCUT2D eigenvalue weighted by Crippen LogP contribution is 2.41. The number of piperidine rings is 1. The van der Waals surface area contributed by atoms with E-state index < -0.39 is 11.5 Å². The van der Waals surface area contributed by atoms with Gasteiger partial charge in [0.25, 0.3) is 0 Å². The summed E-state index contributed by atoms with van der Waals surface area (Å²) in [7, 11) is 0. The third-order valence-corrected chi connectivity index (χ3v) is 5.58. The van der Waals surface area contributed by atoms with Gasteiger partial charge in [-0.25, -0.2) is 0 Å². The first-order chi connectivity index (χ1) is 13.0. The van der Waals surface area contributed by atoms with Crippen LogP contribution in [0.5, 0.6) is 5.75 Å². The van der Waals surface area contributed by atoms with Gasteiger partial charge in [0.15, 0.2) is 0 Å². The van der Waals surface area contributed by atoms with Crippen molar-refractivity contribution >= 4 is 11.5 Å². The monoisotopic (exact) mass is 368 g/mol. The number of anilines is 1. The van der Waals surface area contributed by atoms with Crippen LogP contribution in [0.15, 0.2) is 54.6 Å². The molecule has 1 aliphatic heterocycles. The van der Waals surface area contributed by atoms with E-state index in [1.165, 1.54) is 0 Å². The minimum absolute atomic E-state index is 0.0103. The predicted molar refractivity (Wildman–Crippen MR) is 107 cm³/mol. The van der Waals surface area contributed by atoms with Crippen LogP contribution in [0, 0.1) is 5.92 Å². The number of Topliss-reactive ketones (excluding diaryl/α,β-unsaturated/α-hetero) is 1. The molecule has 144 valence electrons. The molecule has 0 spiro atoms. The lowest BCUT2D eigenvalue weighted by atomic mass is 9.62. The van der Waals surface area contributed by atoms with Crippen molar-refractivity contribution in [3.05, 3.63) is 60.2 Å². The molecule has 3 atom stereocenters. The van der Waals surface area contributed by atoms with Gasteiger partial charge < -0.3 is 20.9 Å². The molecule has 3 rings (SSSR count). The van der Waals surface area contributed by atoms with E-state index in [1.54, 1.807) is 31.2 Å². The second kappa shape index (κ2) is 8.55. The number of nitrogens with two attached hydrogens (primary N) is 1. The van der Waals surface area contributed by atoms with Crippen molar-refractivity contribution in [2.24, 2.45) is 5.92 Å². The number of aliphatic hydroxyl groups is 1. The standard InChI is InChI=1S/C22H28N2O3/c1-16(25)22(17-5-3-2-4-6-17)11-12-24-14-18(22)13-20(26)15-27-21-9-7-19(23)8-10-21/h2-10,18,20,24,26H,11-15,23H2,1H3. The lowest BCUT2D eigenvalue weighted by Crippen LogP contribution is -2.53.